The fourth-order valence-electron chi connectivity index (χ4n) is 2.90. The number of nitrogens with one attached hydrogen (secondary N) is 1. The van der Waals surface area contributed by atoms with Gasteiger partial charge in [-0.1, -0.05) is 50.6 Å². The Kier molecular flexibility index (Phi) is 7.44. The van der Waals surface area contributed by atoms with Crippen LogP contribution in [0.2, 0.25) is 0 Å². The first-order valence-corrected chi connectivity index (χ1v) is 7.31. The van der Waals surface area contributed by atoms with Gasteiger partial charge in [0.15, 0.2) is 0 Å². The standard InChI is InChI=1S/C16H26N2.ClH/c1-3-7-16-12-17-10-11-18(16)13-14(2)15-8-5-4-6-9-15;/h4-6,8-9,14,16-17H,3,7,10-13H2,1-2H3;1H. The Hall–Kier alpha value is -0.570. The van der Waals surface area contributed by atoms with Crippen molar-refractivity contribution in [1.82, 2.24) is 10.2 Å². The van der Waals surface area contributed by atoms with Crippen LogP contribution in [-0.2, 0) is 0 Å². The Morgan fingerprint density at radius 2 is 2.05 bits per heavy atom. The van der Waals surface area contributed by atoms with Crippen LogP contribution in [-0.4, -0.2) is 37.1 Å². The van der Waals surface area contributed by atoms with E-state index < -0.39 is 0 Å². The van der Waals surface area contributed by atoms with Gasteiger partial charge in [0.05, 0.1) is 0 Å². The summed E-state index contributed by atoms with van der Waals surface area (Å²) in [4.78, 5) is 2.68. The summed E-state index contributed by atoms with van der Waals surface area (Å²) < 4.78 is 0. The molecule has 0 spiro atoms. The number of hydrogen-bond acceptors (Lipinski definition) is 2. The number of nitrogens with zero attached hydrogens (tertiary/aromatic N) is 1. The van der Waals surface area contributed by atoms with Crippen LogP contribution in [0.1, 0.15) is 38.2 Å². The van der Waals surface area contributed by atoms with Crippen molar-refractivity contribution >= 4 is 12.4 Å². The van der Waals surface area contributed by atoms with Crippen molar-refractivity contribution < 1.29 is 0 Å². The second kappa shape index (κ2) is 8.57. The van der Waals surface area contributed by atoms with Gasteiger partial charge in [0.2, 0.25) is 0 Å². The Bertz CT molecular complexity index is 340. The van der Waals surface area contributed by atoms with E-state index in [2.05, 4.69) is 54.4 Å². The van der Waals surface area contributed by atoms with Gasteiger partial charge in [-0.25, -0.2) is 0 Å². The highest BCUT2D eigenvalue weighted by molar-refractivity contribution is 5.85. The van der Waals surface area contributed by atoms with E-state index in [4.69, 9.17) is 0 Å². The van der Waals surface area contributed by atoms with Crippen LogP contribution in [0, 0.1) is 0 Å². The van der Waals surface area contributed by atoms with Crippen LogP contribution in [0.5, 0.6) is 0 Å². The van der Waals surface area contributed by atoms with Crippen molar-refractivity contribution in [2.75, 3.05) is 26.2 Å². The fourth-order valence-corrected chi connectivity index (χ4v) is 2.90. The van der Waals surface area contributed by atoms with E-state index in [1.807, 2.05) is 0 Å². The molecule has 19 heavy (non-hydrogen) atoms. The number of benzene rings is 1. The van der Waals surface area contributed by atoms with Crippen molar-refractivity contribution in [2.24, 2.45) is 0 Å². The lowest BCUT2D eigenvalue weighted by atomic mass is 9.98. The Morgan fingerprint density at radius 1 is 1.32 bits per heavy atom. The van der Waals surface area contributed by atoms with Crippen molar-refractivity contribution in [3.8, 4) is 0 Å². The molecule has 0 aromatic heterocycles. The largest absolute Gasteiger partial charge is 0.314 e. The molecule has 1 heterocycles. The van der Waals surface area contributed by atoms with Gasteiger partial charge in [-0.2, -0.15) is 0 Å². The highest BCUT2D eigenvalue weighted by Crippen LogP contribution is 2.19. The Morgan fingerprint density at radius 3 is 2.74 bits per heavy atom. The highest BCUT2D eigenvalue weighted by atomic mass is 35.5. The second-order valence-electron chi connectivity index (χ2n) is 5.45. The summed E-state index contributed by atoms with van der Waals surface area (Å²) in [6.07, 6.45) is 2.59. The molecule has 2 atom stereocenters. The molecule has 2 nitrogen and oxygen atoms in total. The molecule has 0 saturated carbocycles. The molecular weight excluding hydrogens is 256 g/mol. The smallest absolute Gasteiger partial charge is 0.0221 e. The number of halogens is 1. The number of piperazine rings is 1. The summed E-state index contributed by atoms with van der Waals surface area (Å²) in [5.74, 6) is 0.628. The van der Waals surface area contributed by atoms with E-state index in [-0.39, 0.29) is 12.4 Å². The summed E-state index contributed by atoms with van der Waals surface area (Å²) in [7, 11) is 0. The summed E-state index contributed by atoms with van der Waals surface area (Å²) in [6.45, 7) is 9.32. The van der Waals surface area contributed by atoms with Crippen LogP contribution < -0.4 is 5.32 Å². The molecule has 0 radical (unpaired) electrons. The molecule has 2 unspecified atom stereocenters. The topological polar surface area (TPSA) is 15.3 Å². The first-order chi connectivity index (χ1) is 8.81. The lowest BCUT2D eigenvalue weighted by molar-refractivity contribution is 0.145. The van der Waals surface area contributed by atoms with Crippen LogP contribution in [0.25, 0.3) is 0 Å². The molecule has 0 aliphatic carbocycles. The predicted octanol–water partition coefficient (Wildman–Crippen LogP) is 3.29. The molecule has 1 saturated heterocycles. The Balaban J connectivity index is 0.00000180. The zero-order chi connectivity index (χ0) is 12.8. The van der Waals surface area contributed by atoms with Gasteiger partial charge < -0.3 is 5.32 Å². The summed E-state index contributed by atoms with van der Waals surface area (Å²) in [5.41, 5.74) is 1.46. The zero-order valence-electron chi connectivity index (χ0n) is 12.1. The van der Waals surface area contributed by atoms with E-state index >= 15 is 0 Å². The maximum Gasteiger partial charge on any atom is 0.0221 e. The lowest BCUT2D eigenvalue weighted by Crippen LogP contribution is -2.52. The van der Waals surface area contributed by atoms with Crippen molar-refractivity contribution in [2.45, 2.75) is 38.6 Å². The minimum Gasteiger partial charge on any atom is -0.314 e. The molecule has 1 aliphatic heterocycles. The minimum atomic E-state index is 0. The quantitative estimate of drug-likeness (QED) is 0.892. The van der Waals surface area contributed by atoms with Gasteiger partial charge in [0, 0.05) is 32.2 Å². The normalized spacial score (nSPS) is 21.7. The number of hydrogen-bond donors (Lipinski definition) is 1. The van der Waals surface area contributed by atoms with E-state index in [9.17, 15) is 0 Å². The molecule has 1 fully saturated rings. The van der Waals surface area contributed by atoms with E-state index in [1.165, 1.54) is 31.5 Å². The number of rotatable bonds is 5. The third-order valence-corrected chi connectivity index (χ3v) is 3.97. The second-order valence-corrected chi connectivity index (χ2v) is 5.45. The summed E-state index contributed by atoms with van der Waals surface area (Å²) >= 11 is 0. The Labute approximate surface area is 124 Å². The van der Waals surface area contributed by atoms with Gasteiger partial charge in [0.1, 0.15) is 0 Å². The molecule has 0 bridgehead atoms. The molecule has 1 aromatic carbocycles. The molecule has 2 rings (SSSR count). The molecular formula is C16H27ClN2. The average molecular weight is 283 g/mol. The highest BCUT2D eigenvalue weighted by Gasteiger charge is 2.22. The average Bonchev–Trinajstić information content (AvgIpc) is 2.42. The van der Waals surface area contributed by atoms with Crippen LogP contribution in [0.4, 0.5) is 0 Å². The van der Waals surface area contributed by atoms with Crippen LogP contribution in [0.3, 0.4) is 0 Å². The van der Waals surface area contributed by atoms with E-state index in [0.717, 1.165) is 19.1 Å². The van der Waals surface area contributed by atoms with Gasteiger partial charge in [-0.05, 0) is 17.9 Å². The minimum absolute atomic E-state index is 0. The molecule has 1 aromatic rings. The van der Waals surface area contributed by atoms with Gasteiger partial charge in [0.25, 0.3) is 0 Å². The third kappa shape index (κ3) is 4.79. The van der Waals surface area contributed by atoms with Crippen molar-refractivity contribution in [1.29, 1.82) is 0 Å². The predicted molar refractivity (Wildman–Crippen MR) is 85.2 cm³/mol. The maximum atomic E-state index is 3.52. The first kappa shape index (κ1) is 16.5. The van der Waals surface area contributed by atoms with E-state index in [1.54, 1.807) is 0 Å². The van der Waals surface area contributed by atoms with Gasteiger partial charge >= 0.3 is 0 Å². The molecule has 108 valence electrons. The van der Waals surface area contributed by atoms with E-state index in [0.29, 0.717) is 5.92 Å². The fraction of sp³-hybridized carbons (Fsp3) is 0.625. The lowest BCUT2D eigenvalue weighted by Gasteiger charge is -2.37. The van der Waals surface area contributed by atoms with Gasteiger partial charge in [-0.3, -0.25) is 4.90 Å². The molecule has 1 N–H and O–H groups in total. The maximum absolute atomic E-state index is 3.52. The van der Waals surface area contributed by atoms with Gasteiger partial charge in [-0.15, -0.1) is 12.4 Å². The summed E-state index contributed by atoms with van der Waals surface area (Å²) in [5, 5.41) is 3.52. The monoisotopic (exact) mass is 282 g/mol. The SMILES string of the molecule is CCCC1CNCCN1CC(C)c1ccccc1.Cl. The summed E-state index contributed by atoms with van der Waals surface area (Å²) in [6, 6.07) is 11.6. The molecule has 1 aliphatic rings. The third-order valence-electron chi connectivity index (χ3n) is 3.97. The first-order valence-electron chi connectivity index (χ1n) is 7.31. The molecule has 0 amide bonds. The van der Waals surface area contributed by atoms with Crippen LogP contribution in [0.15, 0.2) is 30.3 Å². The zero-order valence-corrected chi connectivity index (χ0v) is 13.0. The van der Waals surface area contributed by atoms with Crippen molar-refractivity contribution in [3.05, 3.63) is 35.9 Å². The van der Waals surface area contributed by atoms with Crippen molar-refractivity contribution in [3.63, 3.8) is 0 Å². The van der Waals surface area contributed by atoms with Crippen LogP contribution >= 0.6 is 12.4 Å². The molecule has 3 heteroatoms.